The van der Waals surface area contributed by atoms with Crippen molar-refractivity contribution in [3.8, 4) is 0 Å². The molecule has 0 aliphatic heterocycles. The first-order chi connectivity index (χ1) is 7.03. The summed E-state index contributed by atoms with van der Waals surface area (Å²) in [6.07, 6.45) is 0.679. The largest absolute Gasteiger partial charge is 0.461 e. The molecule has 0 aliphatic carbocycles. The maximum Gasteiger partial charge on any atom is 0.461 e. The van der Waals surface area contributed by atoms with E-state index in [-0.39, 0.29) is 11.9 Å². The van der Waals surface area contributed by atoms with E-state index in [0.29, 0.717) is 18.7 Å². The average molecular weight is 235 g/mol. The number of rotatable bonds is 4. The van der Waals surface area contributed by atoms with Crippen molar-refractivity contribution < 1.29 is 13.2 Å². The zero-order valence-corrected chi connectivity index (χ0v) is 9.11. The molecule has 0 saturated heterocycles. The van der Waals surface area contributed by atoms with Crippen LogP contribution in [0.4, 0.5) is 18.9 Å². The van der Waals surface area contributed by atoms with Gasteiger partial charge in [0.2, 0.25) is 0 Å². The van der Waals surface area contributed by atoms with Gasteiger partial charge in [-0.1, -0.05) is 25.1 Å². The highest BCUT2D eigenvalue weighted by molar-refractivity contribution is 8.01. The number of nitrogens with zero attached hydrogens (tertiary/aromatic N) is 1. The van der Waals surface area contributed by atoms with Gasteiger partial charge in [-0.15, -0.1) is 0 Å². The minimum absolute atomic E-state index is 0.0871. The lowest BCUT2D eigenvalue weighted by Gasteiger charge is -2.23. The van der Waals surface area contributed by atoms with Crippen LogP contribution in [0.25, 0.3) is 0 Å². The van der Waals surface area contributed by atoms with Gasteiger partial charge in [0, 0.05) is 12.2 Å². The van der Waals surface area contributed by atoms with Crippen molar-refractivity contribution >= 4 is 17.6 Å². The van der Waals surface area contributed by atoms with Crippen molar-refractivity contribution in [1.29, 1.82) is 0 Å². The van der Waals surface area contributed by atoms with Crippen LogP contribution in [0.5, 0.6) is 0 Å². The predicted octanol–water partition coefficient (Wildman–Crippen LogP) is 4.07. The van der Waals surface area contributed by atoms with Crippen LogP contribution in [-0.4, -0.2) is 12.1 Å². The van der Waals surface area contributed by atoms with Crippen molar-refractivity contribution in [2.75, 3.05) is 10.8 Å². The first kappa shape index (κ1) is 12.2. The average Bonchev–Trinajstić information content (AvgIpc) is 2.17. The van der Waals surface area contributed by atoms with Crippen molar-refractivity contribution in [3.63, 3.8) is 0 Å². The summed E-state index contributed by atoms with van der Waals surface area (Å²) < 4.78 is 38.0. The van der Waals surface area contributed by atoms with E-state index in [2.05, 4.69) is 0 Å². The topological polar surface area (TPSA) is 3.24 Å². The van der Waals surface area contributed by atoms with E-state index >= 15 is 0 Å². The van der Waals surface area contributed by atoms with Crippen LogP contribution in [-0.2, 0) is 0 Å². The first-order valence-corrected chi connectivity index (χ1v) is 5.38. The van der Waals surface area contributed by atoms with Gasteiger partial charge in [-0.2, -0.15) is 13.2 Å². The lowest BCUT2D eigenvalue weighted by molar-refractivity contribution is -0.0329. The minimum Gasteiger partial charge on any atom is -0.309 e. The van der Waals surface area contributed by atoms with Gasteiger partial charge in [0.25, 0.3) is 0 Å². The molecule has 0 fully saturated rings. The molecule has 0 unspecified atom stereocenters. The van der Waals surface area contributed by atoms with Gasteiger partial charge in [0.15, 0.2) is 0 Å². The highest BCUT2D eigenvalue weighted by Crippen LogP contribution is 2.36. The lowest BCUT2D eigenvalue weighted by atomic mass is 10.3. The quantitative estimate of drug-likeness (QED) is 0.724. The summed E-state index contributed by atoms with van der Waals surface area (Å²) in [5.41, 5.74) is -3.65. The summed E-state index contributed by atoms with van der Waals surface area (Å²) in [7, 11) is 0. The summed E-state index contributed by atoms with van der Waals surface area (Å²) in [5.74, 6) is 0. The predicted molar refractivity (Wildman–Crippen MR) is 57.7 cm³/mol. The van der Waals surface area contributed by atoms with Gasteiger partial charge < -0.3 is 4.31 Å². The van der Waals surface area contributed by atoms with Crippen LogP contribution >= 0.6 is 11.9 Å². The molecule has 84 valence electrons. The third kappa shape index (κ3) is 4.46. The van der Waals surface area contributed by atoms with Crippen molar-refractivity contribution in [2.45, 2.75) is 18.9 Å². The Labute approximate surface area is 91.4 Å². The molecule has 0 aliphatic rings. The third-order valence-electron chi connectivity index (χ3n) is 1.68. The number of benzene rings is 1. The Bertz CT molecular complexity index is 286. The van der Waals surface area contributed by atoms with E-state index < -0.39 is 5.51 Å². The molecule has 0 saturated carbocycles. The van der Waals surface area contributed by atoms with Gasteiger partial charge >= 0.3 is 5.51 Å². The van der Waals surface area contributed by atoms with E-state index in [9.17, 15) is 13.2 Å². The molecule has 5 heteroatoms. The number of alkyl halides is 3. The van der Waals surface area contributed by atoms with Crippen LogP contribution in [0, 0.1) is 0 Å². The Morgan fingerprint density at radius 3 is 2.27 bits per heavy atom. The van der Waals surface area contributed by atoms with Gasteiger partial charge in [-0.3, -0.25) is 0 Å². The Hall–Kier alpha value is -0.840. The molecule has 0 bridgehead atoms. The van der Waals surface area contributed by atoms with Gasteiger partial charge in [-0.25, -0.2) is 0 Å². The number of hydrogen-bond donors (Lipinski definition) is 0. The van der Waals surface area contributed by atoms with Gasteiger partial charge in [0.05, 0.1) is 11.9 Å². The smallest absolute Gasteiger partial charge is 0.309 e. The van der Waals surface area contributed by atoms with Crippen molar-refractivity contribution in [3.05, 3.63) is 30.3 Å². The second kappa shape index (κ2) is 5.30. The first-order valence-electron chi connectivity index (χ1n) is 4.61. The van der Waals surface area contributed by atoms with Crippen LogP contribution in [0.1, 0.15) is 13.3 Å². The third-order valence-corrected chi connectivity index (χ3v) is 2.51. The fourth-order valence-corrected chi connectivity index (χ4v) is 1.90. The summed E-state index contributed by atoms with van der Waals surface area (Å²) in [5, 5.41) is 0. The molecule has 1 nitrogen and oxygen atoms in total. The number of halogens is 3. The van der Waals surface area contributed by atoms with Gasteiger partial charge in [0.1, 0.15) is 0 Å². The van der Waals surface area contributed by atoms with Crippen LogP contribution in [0.3, 0.4) is 0 Å². The summed E-state index contributed by atoms with van der Waals surface area (Å²) >= 11 is -0.0871. The SMILES string of the molecule is CCCN(SC(F)(F)F)c1ccccc1. The summed E-state index contributed by atoms with van der Waals surface area (Å²) in [4.78, 5) is 0. The zero-order valence-electron chi connectivity index (χ0n) is 8.29. The normalized spacial score (nSPS) is 11.5. The molecule has 0 N–H and O–H groups in total. The maximum absolute atomic E-state index is 12.2. The lowest BCUT2D eigenvalue weighted by Crippen LogP contribution is -2.21. The molecule has 0 spiro atoms. The fraction of sp³-hybridized carbons (Fsp3) is 0.400. The maximum atomic E-state index is 12.2. The number of hydrogen-bond acceptors (Lipinski definition) is 2. The van der Waals surface area contributed by atoms with E-state index in [4.69, 9.17) is 0 Å². The van der Waals surface area contributed by atoms with Crippen molar-refractivity contribution in [2.24, 2.45) is 0 Å². The molecular formula is C10H12F3NS. The molecule has 1 rings (SSSR count). The molecule has 1 aromatic rings. The molecule has 0 heterocycles. The summed E-state index contributed by atoms with van der Waals surface area (Å²) in [6.45, 7) is 2.24. The highest BCUT2D eigenvalue weighted by Gasteiger charge is 2.32. The standard InChI is InChI=1S/C10H12F3NS/c1-2-8-14(15-10(11,12)13)9-6-4-3-5-7-9/h3-7H,2,8H2,1H3. The molecule has 0 radical (unpaired) electrons. The van der Waals surface area contributed by atoms with E-state index in [1.807, 2.05) is 6.92 Å². The van der Waals surface area contributed by atoms with E-state index in [1.165, 1.54) is 4.31 Å². The van der Waals surface area contributed by atoms with E-state index in [1.54, 1.807) is 30.3 Å². The van der Waals surface area contributed by atoms with Crippen LogP contribution < -0.4 is 4.31 Å². The van der Waals surface area contributed by atoms with Crippen LogP contribution in [0.2, 0.25) is 0 Å². The Kier molecular flexibility index (Phi) is 4.32. The Balaban J connectivity index is 2.75. The van der Waals surface area contributed by atoms with E-state index in [0.717, 1.165) is 0 Å². The molecule has 0 atom stereocenters. The molecule has 1 aromatic carbocycles. The van der Waals surface area contributed by atoms with Gasteiger partial charge in [-0.05, 0) is 18.6 Å². The Morgan fingerprint density at radius 2 is 1.80 bits per heavy atom. The minimum atomic E-state index is -4.23. The number of anilines is 1. The Morgan fingerprint density at radius 1 is 1.20 bits per heavy atom. The van der Waals surface area contributed by atoms with Crippen LogP contribution in [0.15, 0.2) is 30.3 Å². The highest BCUT2D eigenvalue weighted by atomic mass is 32.2. The zero-order chi connectivity index (χ0) is 11.3. The fourth-order valence-electron chi connectivity index (χ4n) is 1.15. The van der Waals surface area contributed by atoms with Crippen molar-refractivity contribution in [1.82, 2.24) is 0 Å². The second-order valence-corrected chi connectivity index (χ2v) is 4.06. The monoisotopic (exact) mass is 235 g/mol. The molecular weight excluding hydrogens is 223 g/mol. The molecule has 15 heavy (non-hydrogen) atoms. The number of para-hydroxylation sites is 1. The summed E-state index contributed by atoms with van der Waals surface area (Å²) in [6, 6.07) is 8.60. The second-order valence-electron chi connectivity index (χ2n) is 2.97. The molecule has 0 amide bonds. The molecule has 0 aromatic heterocycles.